The molecule has 1 aromatic heterocycles. The highest BCUT2D eigenvalue weighted by molar-refractivity contribution is 5.31. The van der Waals surface area contributed by atoms with Gasteiger partial charge in [-0.1, -0.05) is 0 Å². The maximum Gasteiger partial charge on any atom is 0.335 e. The Morgan fingerprint density at radius 2 is 1.71 bits per heavy atom. The molecule has 0 aliphatic carbocycles. The minimum atomic E-state index is -0.420. The van der Waals surface area contributed by atoms with Crippen molar-refractivity contribution < 1.29 is 9.13 Å². The minimum absolute atomic E-state index is 0.369. The molecule has 0 spiro atoms. The van der Waals surface area contributed by atoms with E-state index in [1.54, 1.807) is 0 Å². The largest absolute Gasteiger partial charge is 0.379 e. The molecule has 0 atom stereocenters. The summed E-state index contributed by atoms with van der Waals surface area (Å²) in [5, 5.41) is 0. The van der Waals surface area contributed by atoms with Crippen LogP contribution in [-0.4, -0.2) is 46.9 Å². The van der Waals surface area contributed by atoms with E-state index in [1.807, 2.05) is 0 Å². The maximum atomic E-state index is 13.0. The van der Waals surface area contributed by atoms with Gasteiger partial charge in [0, 0.05) is 38.4 Å². The SMILES string of the molecule is O=c1ccn(CCCN2CCOCC2)c(=O)n1-c1ccc(F)cc1. The molecule has 0 radical (unpaired) electrons. The molecule has 1 aliphatic rings. The highest BCUT2D eigenvalue weighted by atomic mass is 19.1. The van der Waals surface area contributed by atoms with Crippen LogP contribution >= 0.6 is 0 Å². The molecule has 0 saturated carbocycles. The zero-order valence-corrected chi connectivity index (χ0v) is 13.4. The molecule has 0 bridgehead atoms. The van der Waals surface area contributed by atoms with Gasteiger partial charge in [-0.15, -0.1) is 0 Å². The van der Waals surface area contributed by atoms with Gasteiger partial charge in [0.05, 0.1) is 18.9 Å². The fraction of sp³-hybridized carbons (Fsp3) is 0.412. The summed E-state index contributed by atoms with van der Waals surface area (Å²) in [5.74, 6) is -0.409. The predicted octanol–water partition coefficient (Wildman–Crippen LogP) is 0.861. The molecular formula is C17H20FN3O3. The number of morpholine rings is 1. The van der Waals surface area contributed by atoms with Gasteiger partial charge < -0.3 is 9.30 Å². The van der Waals surface area contributed by atoms with Crippen LogP contribution in [0, 0.1) is 5.82 Å². The van der Waals surface area contributed by atoms with Crippen LogP contribution in [0.2, 0.25) is 0 Å². The lowest BCUT2D eigenvalue weighted by atomic mass is 10.3. The molecule has 0 amide bonds. The lowest BCUT2D eigenvalue weighted by molar-refractivity contribution is 0.0369. The molecule has 3 rings (SSSR count). The molecule has 2 heterocycles. The van der Waals surface area contributed by atoms with E-state index >= 15 is 0 Å². The number of hydrogen-bond donors (Lipinski definition) is 0. The van der Waals surface area contributed by atoms with Crippen molar-refractivity contribution >= 4 is 0 Å². The molecule has 128 valence electrons. The van der Waals surface area contributed by atoms with Gasteiger partial charge in [-0.05, 0) is 30.7 Å². The summed E-state index contributed by atoms with van der Waals surface area (Å²) in [6, 6.07) is 6.68. The van der Waals surface area contributed by atoms with Crippen LogP contribution < -0.4 is 11.2 Å². The van der Waals surface area contributed by atoms with Crippen molar-refractivity contribution in [2.24, 2.45) is 0 Å². The van der Waals surface area contributed by atoms with E-state index in [0.29, 0.717) is 12.2 Å². The number of rotatable bonds is 5. The van der Waals surface area contributed by atoms with Crippen LogP contribution in [-0.2, 0) is 11.3 Å². The van der Waals surface area contributed by atoms with Crippen molar-refractivity contribution in [3.63, 3.8) is 0 Å². The van der Waals surface area contributed by atoms with Crippen molar-refractivity contribution in [3.05, 3.63) is 63.2 Å². The summed E-state index contributed by atoms with van der Waals surface area (Å²) in [6.07, 6.45) is 2.32. The third kappa shape index (κ3) is 3.80. The number of nitrogens with zero attached hydrogens (tertiary/aromatic N) is 3. The number of benzene rings is 1. The van der Waals surface area contributed by atoms with Gasteiger partial charge in [0.1, 0.15) is 5.82 Å². The van der Waals surface area contributed by atoms with Gasteiger partial charge in [0.15, 0.2) is 0 Å². The van der Waals surface area contributed by atoms with E-state index in [0.717, 1.165) is 43.8 Å². The molecule has 2 aromatic rings. The van der Waals surface area contributed by atoms with Crippen molar-refractivity contribution in [2.75, 3.05) is 32.8 Å². The molecule has 1 aliphatic heterocycles. The lowest BCUT2D eigenvalue weighted by Gasteiger charge is -2.26. The van der Waals surface area contributed by atoms with Crippen LogP contribution in [0.25, 0.3) is 5.69 Å². The van der Waals surface area contributed by atoms with Crippen LogP contribution in [0.15, 0.2) is 46.1 Å². The minimum Gasteiger partial charge on any atom is -0.379 e. The highest BCUT2D eigenvalue weighted by Crippen LogP contribution is 2.05. The third-order valence-corrected chi connectivity index (χ3v) is 4.12. The van der Waals surface area contributed by atoms with Gasteiger partial charge in [-0.3, -0.25) is 9.69 Å². The Balaban J connectivity index is 1.75. The summed E-state index contributed by atoms with van der Waals surface area (Å²) < 4.78 is 20.9. The summed E-state index contributed by atoms with van der Waals surface area (Å²) in [5.41, 5.74) is -0.457. The van der Waals surface area contributed by atoms with E-state index in [2.05, 4.69) is 4.90 Å². The lowest BCUT2D eigenvalue weighted by Crippen LogP contribution is -2.39. The van der Waals surface area contributed by atoms with Gasteiger partial charge in [-0.25, -0.2) is 13.8 Å². The van der Waals surface area contributed by atoms with Gasteiger partial charge in [0.25, 0.3) is 5.56 Å². The van der Waals surface area contributed by atoms with Gasteiger partial charge >= 0.3 is 5.69 Å². The fourth-order valence-corrected chi connectivity index (χ4v) is 2.80. The van der Waals surface area contributed by atoms with Crippen molar-refractivity contribution in [3.8, 4) is 5.69 Å². The first kappa shape index (κ1) is 16.6. The second kappa shape index (κ2) is 7.55. The van der Waals surface area contributed by atoms with Crippen molar-refractivity contribution in [1.29, 1.82) is 0 Å². The summed E-state index contributed by atoms with van der Waals surface area (Å²) in [4.78, 5) is 26.9. The zero-order chi connectivity index (χ0) is 16.9. The Bertz CT molecular complexity index is 792. The first-order chi connectivity index (χ1) is 11.6. The highest BCUT2D eigenvalue weighted by Gasteiger charge is 2.11. The average molecular weight is 333 g/mol. The number of aryl methyl sites for hydroxylation is 1. The van der Waals surface area contributed by atoms with Crippen LogP contribution in [0.4, 0.5) is 4.39 Å². The molecular weight excluding hydrogens is 313 g/mol. The smallest absolute Gasteiger partial charge is 0.335 e. The zero-order valence-electron chi connectivity index (χ0n) is 13.4. The number of aromatic nitrogens is 2. The van der Waals surface area contributed by atoms with E-state index in [1.165, 1.54) is 41.1 Å². The Morgan fingerprint density at radius 1 is 1.00 bits per heavy atom. The normalized spacial score (nSPS) is 15.5. The average Bonchev–Trinajstić information content (AvgIpc) is 2.60. The van der Waals surface area contributed by atoms with Crippen LogP contribution in [0.1, 0.15) is 6.42 Å². The maximum absolute atomic E-state index is 13.0. The molecule has 6 nitrogen and oxygen atoms in total. The first-order valence-corrected chi connectivity index (χ1v) is 8.04. The molecule has 24 heavy (non-hydrogen) atoms. The number of ether oxygens (including phenoxy) is 1. The van der Waals surface area contributed by atoms with E-state index in [-0.39, 0.29) is 0 Å². The second-order valence-electron chi connectivity index (χ2n) is 5.75. The summed E-state index contributed by atoms with van der Waals surface area (Å²) >= 11 is 0. The predicted molar refractivity (Wildman–Crippen MR) is 88.1 cm³/mol. The van der Waals surface area contributed by atoms with E-state index in [9.17, 15) is 14.0 Å². The number of hydrogen-bond acceptors (Lipinski definition) is 4. The summed E-state index contributed by atoms with van der Waals surface area (Å²) in [6.45, 7) is 4.71. The molecule has 7 heteroatoms. The summed E-state index contributed by atoms with van der Waals surface area (Å²) in [7, 11) is 0. The number of halogens is 1. The Labute approximate surface area is 138 Å². The quantitative estimate of drug-likeness (QED) is 0.814. The van der Waals surface area contributed by atoms with Crippen molar-refractivity contribution in [2.45, 2.75) is 13.0 Å². The Morgan fingerprint density at radius 3 is 2.42 bits per heavy atom. The van der Waals surface area contributed by atoms with Gasteiger partial charge in [-0.2, -0.15) is 0 Å². The van der Waals surface area contributed by atoms with Crippen molar-refractivity contribution in [1.82, 2.24) is 14.0 Å². The Hall–Kier alpha value is -2.25. The molecule has 0 N–H and O–H groups in total. The third-order valence-electron chi connectivity index (χ3n) is 4.12. The first-order valence-electron chi connectivity index (χ1n) is 8.04. The van der Waals surface area contributed by atoms with Crippen LogP contribution in [0.3, 0.4) is 0 Å². The van der Waals surface area contributed by atoms with Gasteiger partial charge in [0.2, 0.25) is 0 Å². The monoisotopic (exact) mass is 333 g/mol. The fourth-order valence-electron chi connectivity index (χ4n) is 2.80. The van der Waals surface area contributed by atoms with Crippen LogP contribution in [0.5, 0.6) is 0 Å². The molecule has 0 unspecified atom stereocenters. The van der Waals surface area contributed by atoms with E-state index < -0.39 is 17.1 Å². The van der Waals surface area contributed by atoms with E-state index in [4.69, 9.17) is 4.74 Å². The standard InChI is InChI=1S/C17H20FN3O3/c18-14-2-4-15(5-3-14)21-16(22)6-9-20(17(21)23)8-1-7-19-10-12-24-13-11-19/h2-6,9H,1,7-8,10-13H2. The Kier molecular flexibility index (Phi) is 5.22. The molecule has 1 saturated heterocycles. The topological polar surface area (TPSA) is 56.5 Å². The second-order valence-corrected chi connectivity index (χ2v) is 5.75. The molecule has 1 aromatic carbocycles. The molecule has 1 fully saturated rings.